The van der Waals surface area contributed by atoms with Crippen LogP contribution in [0.2, 0.25) is 0 Å². The number of imidazole rings is 1. The summed E-state index contributed by atoms with van der Waals surface area (Å²) in [5.74, 6) is 6.66. The molecule has 3 aromatic rings. The molecule has 9 heteroatoms. The zero-order valence-corrected chi connectivity index (χ0v) is 16.6. The number of carbonyl (C=O) groups is 1. The van der Waals surface area contributed by atoms with Crippen molar-refractivity contribution < 1.29 is 15.0 Å². The second-order valence-corrected chi connectivity index (χ2v) is 8.48. The fourth-order valence-electron chi connectivity index (χ4n) is 4.60. The van der Waals surface area contributed by atoms with Gasteiger partial charge >= 0.3 is 0 Å². The second kappa shape index (κ2) is 6.35. The number of ketones is 1. The van der Waals surface area contributed by atoms with E-state index < -0.39 is 23.7 Å². The third-order valence-electron chi connectivity index (χ3n) is 6.13. The van der Waals surface area contributed by atoms with Crippen LogP contribution in [0.4, 0.5) is 5.82 Å². The van der Waals surface area contributed by atoms with E-state index in [1.165, 1.54) is 18.3 Å². The van der Waals surface area contributed by atoms with E-state index in [0.717, 1.165) is 4.88 Å². The molecule has 2 aliphatic carbocycles. The molecule has 0 radical (unpaired) electrons. The van der Waals surface area contributed by atoms with Crippen molar-refractivity contribution in [2.24, 2.45) is 11.3 Å². The van der Waals surface area contributed by atoms with E-state index in [1.54, 1.807) is 17.9 Å². The van der Waals surface area contributed by atoms with Gasteiger partial charge in [-0.15, -0.1) is 11.3 Å². The van der Waals surface area contributed by atoms with Crippen molar-refractivity contribution >= 4 is 34.1 Å². The topological polar surface area (TPSA) is 113 Å². The number of nitrogens with one attached hydrogen (secondary N) is 1. The smallest absolute Gasteiger partial charge is 0.209 e. The van der Waals surface area contributed by atoms with Gasteiger partial charge in [0.05, 0.1) is 28.8 Å². The van der Waals surface area contributed by atoms with Gasteiger partial charge in [-0.25, -0.2) is 15.0 Å². The molecule has 5 atom stereocenters. The molecular weight excluding hydrogens is 390 g/mol. The number of thiophene rings is 1. The predicted octanol–water partition coefficient (Wildman–Crippen LogP) is 1.20. The first-order valence-corrected chi connectivity index (χ1v) is 10.2. The number of hydrogen-bond donors (Lipinski definition) is 3. The number of rotatable bonds is 3. The van der Waals surface area contributed by atoms with Crippen LogP contribution in [-0.4, -0.2) is 54.8 Å². The monoisotopic (exact) mass is 409 g/mol. The Kier molecular flexibility index (Phi) is 4.00. The van der Waals surface area contributed by atoms with Gasteiger partial charge in [-0.2, -0.15) is 0 Å². The van der Waals surface area contributed by atoms with E-state index >= 15 is 0 Å². The number of aromatic nitrogens is 4. The maximum atomic E-state index is 12.1. The highest BCUT2D eigenvalue weighted by atomic mass is 32.1. The maximum absolute atomic E-state index is 12.1. The molecule has 0 aliphatic heterocycles. The molecule has 8 nitrogen and oxygen atoms in total. The molecular formula is C20H19N5O3S. The van der Waals surface area contributed by atoms with Crippen LogP contribution in [0.3, 0.4) is 0 Å². The standard InChI is InChI=1S/C20H19N5O3S/c1-10(26)20-8-12(20)15(16(27)17(20)28)25-9-22-14-18(21-2)23-13(24-19(14)25)6-5-11-4-3-7-29-11/h3-4,7,9,12,15-17,27-28H,8H2,1-2H3,(H,21,23,24)/t12?,15-,16+,17?,20-/m1/s1. The molecule has 2 fully saturated rings. The van der Waals surface area contributed by atoms with Crippen LogP contribution >= 0.6 is 11.3 Å². The van der Waals surface area contributed by atoms with Gasteiger partial charge < -0.3 is 20.1 Å². The Hall–Kier alpha value is -2.80. The molecule has 5 rings (SSSR count). The van der Waals surface area contributed by atoms with Crippen molar-refractivity contribution in [3.8, 4) is 11.8 Å². The summed E-state index contributed by atoms with van der Waals surface area (Å²) in [6.07, 6.45) is -0.00835. The minimum Gasteiger partial charge on any atom is -0.389 e. The summed E-state index contributed by atoms with van der Waals surface area (Å²) in [6.45, 7) is 1.48. The summed E-state index contributed by atoms with van der Waals surface area (Å²) < 4.78 is 1.75. The van der Waals surface area contributed by atoms with Gasteiger partial charge in [0.15, 0.2) is 17.0 Å². The molecule has 0 spiro atoms. The third-order valence-corrected chi connectivity index (χ3v) is 6.91. The molecule has 148 valence electrons. The molecule has 29 heavy (non-hydrogen) atoms. The number of carbonyl (C=O) groups excluding carboxylic acids is 1. The average molecular weight is 409 g/mol. The van der Waals surface area contributed by atoms with E-state index in [0.29, 0.717) is 29.2 Å². The minimum atomic E-state index is -1.09. The second-order valence-electron chi connectivity index (χ2n) is 7.53. The summed E-state index contributed by atoms with van der Waals surface area (Å²) in [5, 5.41) is 26.2. The van der Waals surface area contributed by atoms with Crippen molar-refractivity contribution in [1.82, 2.24) is 19.5 Å². The first kappa shape index (κ1) is 18.2. The summed E-state index contributed by atoms with van der Waals surface area (Å²) in [6, 6.07) is 3.37. The highest BCUT2D eigenvalue weighted by molar-refractivity contribution is 7.10. The molecule has 0 aromatic carbocycles. The van der Waals surface area contributed by atoms with Crippen LogP contribution in [0.1, 0.15) is 30.1 Å². The number of anilines is 1. The van der Waals surface area contributed by atoms with Gasteiger partial charge in [-0.05, 0) is 42.5 Å². The molecule has 2 saturated carbocycles. The molecule has 0 saturated heterocycles. The number of hydrogen-bond acceptors (Lipinski definition) is 8. The quantitative estimate of drug-likeness (QED) is 0.557. The summed E-state index contributed by atoms with van der Waals surface area (Å²) >= 11 is 1.53. The first-order chi connectivity index (χ1) is 14.0. The van der Waals surface area contributed by atoms with E-state index in [-0.39, 0.29) is 11.7 Å². The number of fused-ring (bicyclic) bond motifs is 2. The van der Waals surface area contributed by atoms with Crippen molar-refractivity contribution in [2.75, 3.05) is 12.4 Å². The fourth-order valence-corrected chi connectivity index (χ4v) is 5.17. The number of aliphatic hydroxyl groups excluding tert-OH is 2. The number of nitrogens with zero attached hydrogens (tertiary/aromatic N) is 4. The average Bonchev–Trinajstić information content (AvgIpc) is 3.00. The van der Waals surface area contributed by atoms with Gasteiger partial charge in [0.2, 0.25) is 5.82 Å². The molecule has 3 heterocycles. The van der Waals surface area contributed by atoms with Crippen LogP contribution in [0.5, 0.6) is 0 Å². The summed E-state index contributed by atoms with van der Waals surface area (Å²) in [5.41, 5.74) is 0.209. The molecule has 2 aliphatic rings. The van der Waals surface area contributed by atoms with Crippen molar-refractivity contribution in [3.05, 3.63) is 34.5 Å². The van der Waals surface area contributed by atoms with Gasteiger partial charge in [0.1, 0.15) is 11.9 Å². The molecule has 3 aromatic heterocycles. The van der Waals surface area contributed by atoms with Gasteiger partial charge in [-0.1, -0.05) is 6.07 Å². The van der Waals surface area contributed by atoms with Crippen LogP contribution in [0.15, 0.2) is 23.8 Å². The third kappa shape index (κ3) is 2.53. The Bertz CT molecular complexity index is 1180. The predicted molar refractivity (Wildman–Crippen MR) is 107 cm³/mol. The first-order valence-electron chi connectivity index (χ1n) is 9.32. The van der Waals surface area contributed by atoms with Crippen LogP contribution in [-0.2, 0) is 4.79 Å². The van der Waals surface area contributed by atoms with Crippen LogP contribution < -0.4 is 5.32 Å². The largest absolute Gasteiger partial charge is 0.389 e. The number of aliphatic hydroxyl groups is 2. The summed E-state index contributed by atoms with van der Waals surface area (Å²) in [4.78, 5) is 26.5. The van der Waals surface area contributed by atoms with E-state index in [1.807, 2.05) is 17.5 Å². The fraction of sp³-hybridized carbons (Fsp3) is 0.400. The maximum Gasteiger partial charge on any atom is 0.209 e. The summed E-state index contributed by atoms with van der Waals surface area (Å²) in [7, 11) is 1.74. The Labute approximate surface area is 170 Å². The van der Waals surface area contributed by atoms with Gasteiger partial charge in [0.25, 0.3) is 0 Å². The minimum absolute atomic E-state index is 0.0889. The van der Waals surface area contributed by atoms with E-state index in [2.05, 4.69) is 32.1 Å². The van der Waals surface area contributed by atoms with Crippen LogP contribution in [0.25, 0.3) is 11.2 Å². The molecule has 2 unspecified atom stereocenters. The molecule has 0 bridgehead atoms. The zero-order chi connectivity index (χ0) is 20.3. The van der Waals surface area contributed by atoms with E-state index in [4.69, 9.17) is 0 Å². The lowest BCUT2D eigenvalue weighted by Gasteiger charge is -2.23. The Morgan fingerprint density at radius 3 is 2.86 bits per heavy atom. The Morgan fingerprint density at radius 2 is 2.21 bits per heavy atom. The van der Waals surface area contributed by atoms with E-state index in [9.17, 15) is 15.0 Å². The lowest BCUT2D eigenvalue weighted by Crippen LogP contribution is -2.36. The van der Waals surface area contributed by atoms with Crippen molar-refractivity contribution in [1.29, 1.82) is 0 Å². The van der Waals surface area contributed by atoms with Crippen molar-refractivity contribution in [2.45, 2.75) is 31.6 Å². The van der Waals surface area contributed by atoms with Gasteiger partial charge in [0, 0.05) is 7.05 Å². The normalized spacial score (nSPS) is 29.9. The zero-order valence-electron chi connectivity index (χ0n) is 15.8. The highest BCUT2D eigenvalue weighted by Gasteiger charge is 2.74. The van der Waals surface area contributed by atoms with Gasteiger partial charge in [-0.3, -0.25) is 4.79 Å². The SMILES string of the molecule is CNc1nc(C#Cc2cccs2)nc2c1ncn2[C@@H]1C2C[C@]2(C(C)=O)C(O)[C@H]1O. The number of Topliss-reactive ketones (excluding diaryl/α,β-unsaturated/α-hetero) is 1. The van der Waals surface area contributed by atoms with Crippen LogP contribution in [0, 0.1) is 23.2 Å². The van der Waals surface area contributed by atoms with Crippen molar-refractivity contribution in [3.63, 3.8) is 0 Å². The lowest BCUT2D eigenvalue weighted by molar-refractivity contribution is -0.128. The highest BCUT2D eigenvalue weighted by Crippen LogP contribution is 2.68. The lowest BCUT2D eigenvalue weighted by atomic mass is 9.95. The molecule has 3 N–H and O–H groups in total. The molecule has 0 amide bonds. The Morgan fingerprint density at radius 1 is 1.38 bits per heavy atom. The Balaban J connectivity index is 1.61.